The van der Waals surface area contributed by atoms with Crippen molar-refractivity contribution in [2.24, 2.45) is 0 Å². The fourth-order valence-electron chi connectivity index (χ4n) is 2.09. The predicted molar refractivity (Wildman–Crippen MR) is 74.2 cm³/mol. The molecule has 0 spiro atoms. The van der Waals surface area contributed by atoms with Crippen molar-refractivity contribution in [1.29, 1.82) is 5.26 Å². The minimum atomic E-state index is -0.367. The largest absolute Gasteiger partial charge is 0.393 e. The van der Waals surface area contributed by atoms with E-state index in [1.807, 2.05) is 6.92 Å². The van der Waals surface area contributed by atoms with Gasteiger partial charge in [0, 0.05) is 0 Å². The molecule has 0 radical (unpaired) electrons. The van der Waals surface area contributed by atoms with E-state index in [4.69, 9.17) is 10.00 Å². The van der Waals surface area contributed by atoms with Gasteiger partial charge in [0.25, 0.3) is 0 Å². The Morgan fingerprint density at radius 2 is 1.72 bits per heavy atom. The summed E-state index contributed by atoms with van der Waals surface area (Å²) in [7, 11) is 0. The van der Waals surface area contributed by atoms with E-state index in [1.54, 1.807) is 6.92 Å². The molecule has 0 aromatic heterocycles. The van der Waals surface area contributed by atoms with Crippen LogP contribution in [0.3, 0.4) is 0 Å². The third kappa shape index (κ3) is 10.6. The number of ether oxygens (including phenoxy) is 1. The lowest BCUT2D eigenvalue weighted by molar-refractivity contribution is -0.00327. The van der Waals surface area contributed by atoms with Gasteiger partial charge in [-0.25, -0.2) is 0 Å². The highest BCUT2D eigenvalue weighted by molar-refractivity contribution is 4.84. The van der Waals surface area contributed by atoms with E-state index >= 15 is 0 Å². The normalized spacial score (nSPS) is 15.9. The molecule has 0 bridgehead atoms. The lowest BCUT2D eigenvalue weighted by Crippen LogP contribution is -2.22. The van der Waals surface area contributed by atoms with Crippen LogP contribution in [0.25, 0.3) is 0 Å². The molecule has 0 fully saturated rings. The van der Waals surface area contributed by atoms with Gasteiger partial charge in [-0.05, 0) is 33.1 Å². The topological polar surface area (TPSA) is 53.2 Å². The molecule has 0 aliphatic heterocycles. The SMILES string of the molecule is CCCCCCCC[C@@H](C#N)O[C@H](C)C[C@@H](C)O. The van der Waals surface area contributed by atoms with Crippen LogP contribution in [0, 0.1) is 11.3 Å². The van der Waals surface area contributed by atoms with E-state index in [0.29, 0.717) is 6.42 Å². The molecule has 0 heterocycles. The standard InChI is InChI=1S/C15H29NO2/c1-4-5-6-7-8-9-10-15(12-16)18-14(3)11-13(2)17/h13-15,17H,4-11H2,1-3H3/t13-,14-,15+/m1/s1. The van der Waals surface area contributed by atoms with Crippen molar-refractivity contribution >= 4 is 0 Å². The van der Waals surface area contributed by atoms with E-state index in [1.165, 1.54) is 32.1 Å². The second-order valence-corrected chi connectivity index (χ2v) is 5.21. The van der Waals surface area contributed by atoms with Crippen LogP contribution < -0.4 is 0 Å². The highest BCUT2D eigenvalue weighted by Crippen LogP contribution is 2.13. The summed E-state index contributed by atoms with van der Waals surface area (Å²) in [5, 5.41) is 18.3. The number of hydrogen-bond donors (Lipinski definition) is 1. The van der Waals surface area contributed by atoms with Gasteiger partial charge in [0.2, 0.25) is 0 Å². The van der Waals surface area contributed by atoms with Gasteiger partial charge in [-0.15, -0.1) is 0 Å². The average molecular weight is 255 g/mol. The van der Waals surface area contributed by atoms with Gasteiger partial charge in [0.05, 0.1) is 18.3 Å². The molecule has 0 amide bonds. The monoisotopic (exact) mass is 255 g/mol. The van der Waals surface area contributed by atoms with E-state index in [0.717, 1.165) is 12.8 Å². The number of unbranched alkanes of at least 4 members (excludes halogenated alkanes) is 5. The van der Waals surface area contributed by atoms with Crippen molar-refractivity contribution in [1.82, 2.24) is 0 Å². The van der Waals surface area contributed by atoms with E-state index in [2.05, 4.69) is 13.0 Å². The maximum absolute atomic E-state index is 9.24. The number of nitrogens with zero attached hydrogens (tertiary/aromatic N) is 1. The molecule has 0 rings (SSSR count). The maximum atomic E-state index is 9.24. The minimum Gasteiger partial charge on any atom is -0.393 e. The van der Waals surface area contributed by atoms with E-state index in [9.17, 15) is 5.11 Å². The molecule has 0 aromatic rings. The van der Waals surface area contributed by atoms with Crippen LogP contribution in [0.2, 0.25) is 0 Å². The van der Waals surface area contributed by atoms with E-state index < -0.39 is 0 Å². The molecule has 3 atom stereocenters. The second-order valence-electron chi connectivity index (χ2n) is 5.21. The van der Waals surface area contributed by atoms with Crippen molar-refractivity contribution in [3.8, 4) is 6.07 Å². The lowest BCUT2D eigenvalue weighted by Gasteiger charge is -2.18. The van der Waals surface area contributed by atoms with Crippen LogP contribution in [-0.4, -0.2) is 23.4 Å². The quantitative estimate of drug-likeness (QED) is 0.571. The molecule has 0 aromatic carbocycles. The first-order chi connectivity index (χ1) is 8.60. The van der Waals surface area contributed by atoms with Crippen molar-refractivity contribution < 1.29 is 9.84 Å². The Morgan fingerprint density at radius 3 is 2.28 bits per heavy atom. The number of aliphatic hydroxyl groups is 1. The molecule has 1 N–H and O–H groups in total. The zero-order valence-electron chi connectivity index (χ0n) is 12.2. The molecule has 3 heteroatoms. The summed E-state index contributed by atoms with van der Waals surface area (Å²) in [6.07, 6.45) is 8.05. The lowest BCUT2D eigenvalue weighted by atomic mass is 10.1. The van der Waals surface area contributed by atoms with Gasteiger partial charge in [-0.1, -0.05) is 39.0 Å². The molecule has 3 nitrogen and oxygen atoms in total. The fraction of sp³-hybridized carbons (Fsp3) is 0.933. The van der Waals surface area contributed by atoms with Crippen LogP contribution in [-0.2, 0) is 4.74 Å². The van der Waals surface area contributed by atoms with Crippen LogP contribution in [0.1, 0.15) is 72.1 Å². The number of aliphatic hydroxyl groups excluding tert-OH is 1. The molecule has 0 aliphatic rings. The molecular formula is C15H29NO2. The third-order valence-corrected chi connectivity index (χ3v) is 3.03. The maximum Gasteiger partial charge on any atom is 0.144 e. The first kappa shape index (κ1) is 17.4. The number of rotatable bonds is 11. The average Bonchev–Trinajstić information content (AvgIpc) is 2.31. The summed E-state index contributed by atoms with van der Waals surface area (Å²) in [5.74, 6) is 0. The predicted octanol–water partition coefficient (Wildman–Crippen LogP) is 3.81. The number of nitriles is 1. The molecule has 0 saturated carbocycles. The van der Waals surface area contributed by atoms with Gasteiger partial charge in [0.1, 0.15) is 6.10 Å². The zero-order valence-corrected chi connectivity index (χ0v) is 12.2. The minimum absolute atomic E-state index is 0.0465. The Kier molecular flexibility index (Phi) is 11.1. The molecule has 0 aliphatic carbocycles. The molecule has 0 saturated heterocycles. The van der Waals surface area contributed by atoms with Crippen molar-refractivity contribution in [3.05, 3.63) is 0 Å². The second kappa shape index (κ2) is 11.5. The summed E-state index contributed by atoms with van der Waals surface area (Å²) >= 11 is 0. The Hall–Kier alpha value is -0.590. The summed E-state index contributed by atoms with van der Waals surface area (Å²) in [6, 6.07) is 2.20. The fourth-order valence-corrected chi connectivity index (χ4v) is 2.09. The van der Waals surface area contributed by atoms with Gasteiger partial charge in [0.15, 0.2) is 0 Å². The molecular weight excluding hydrogens is 226 g/mol. The summed E-state index contributed by atoms with van der Waals surface area (Å²) in [4.78, 5) is 0. The summed E-state index contributed by atoms with van der Waals surface area (Å²) in [5.41, 5.74) is 0. The van der Waals surface area contributed by atoms with Crippen molar-refractivity contribution in [2.75, 3.05) is 0 Å². The molecule has 18 heavy (non-hydrogen) atoms. The van der Waals surface area contributed by atoms with Gasteiger partial charge < -0.3 is 9.84 Å². The van der Waals surface area contributed by atoms with Gasteiger partial charge >= 0.3 is 0 Å². The molecule has 0 unspecified atom stereocenters. The van der Waals surface area contributed by atoms with Crippen molar-refractivity contribution in [3.63, 3.8) is 0 Å². The summed E-state index contributed by atoms with van der Waals surface area (Å²) < 4.78 is 5.62. The first-order valence-corrected chi connectivity index (χ1v) is 7.33. The smallest absolute Gasteiger partial charge is 0.144 e. The third-order valence-electron chi connectivity index (χ3n) is 3.03. The zero-order chi connectivity index (χ0) is 13.8. The van der Waals surface area contributed by atoms with Crippen LogP contribution in [0.5, 0.6) is 0 Å². The van der Waals surface area contributed by atoms with Crippen LogP contribution in [0.15, 0.2) is 0 Å². The Morgan fingerprint density at radius 1 is 1.11 bits per heavy atom. The van der Waals surface area contributed by atoms with Crippen molar-refractivity contribution in [2.45, 2.75) is 90.4 Å². The molecule has 106 valence electrons. The first-order valence-electron chi connectivity index (χ1n) is 7.33. The van der Waals surface area contributed by atoms with Crippen LogP contribution >= 0.6 is 0 Å². The Labute approximate surface area is 112 Å². The highest BCUT2D eigenvalue weighted by Gasteiger charge is 2.13. The highest BCUT2D eigenvalue weighted by atomic mass is 16.5. The number of hydrogen-bond acceptors (Lipinski definition) is 3. The van der Waals surface area contributed by atoms with E-state index in [-0.39, 0.29) is 18.3 Å². The summed E-state index contributed by atoms with van der Waals surface area (Å²) in [6.45, 7) is 5.87. The van der Waals surface area contributed by atoms with Gasteiger partial charge in [-0.3, -0.25) is 0 Å². The Balaban J connectivity index is 3.61. The Bertz CT molecular complexity index is 223. The van der Waals surface area contributed by atoms with Gasteiger partial charge in [-0.2, -0.15) is 5.26 Å². The van der Waals surface area contributed by atoms with Crippen LogP contribution in [0.4, 0.5) is 0 Å².